The van der Waals surface area contributed by atoms with E-state index in [9.17, 15) is 9.59 Å². The lowest BCUT2D eigenvalue weighted by Crippen LogP contribution is -2.39. The molecule has 0 saturated heterocycles. The third-order valence-corrected chi connectivity index (χ3v) is 3.90. The average Bonchev–Trinajstić information content (AvgIpc) is 2.60. The van der Waals surface area contributed by atoms with Crippen LogP contribution in [0.5, 0.6) is 5.75 Å². The molecule has 126 valence electrons. The summed E-state index contributed by atoms with van der Waals surface area (Å²) < 4.78 is 5.97. The summed E-state index contributed by atoms with van der Waals surface area (Å²) in [7, 11) is 0. The van der Waals surface area contributed by atoms with Gasteiger partial charge in [-0.05, 0) is 43.4 Å². The molecule has 0 spiro atoms. The van der Waals surface area contributed by atoms with E-state index in [2.05, 4.69) is 10.6 Å². The van der Waals surface area contributed by atoms with Gasteiger partial charge in [0.2, 0.25) is 11.8 Å². The first-order valence-electron chi connectivity index (χ1n) is 8.16. The van der Waals surface area contributed by atoms with Crippen LogP contribution in [0.15, 0.2) is 24.3 Å². The van der Waals surface area contributed by atoms with Crippen LogP contribution in [0.4, 0.5) is 0 Å². The van der Waals surface area contributed by atoms with Gasteiger partial charge < -0.3 is 21.1 Å². The molecule has 2 amide bonds. The van der Waals surface area contributed by atoms with Crippen molar-refractivity contribution in [3.8, 4) is 5.75 Å². The third kappa shape index (κ3) is 6.28. The van der Waals surface area contributed by atoms with E-state index in [1.165, 1.54) is 19.3 Å². The highest BCUT2D eigenvalue weighted by molar-refractivity contribution is 5.85. The number of nitrogens with one attached hydrogen (secondary N) is 2. The Hall–Kier alpha value is -2.08. The number of benzene rings is 1. The second kappa shape index (κ2) is 9.15. The molecule has 4 N–H and O–H groups in total. The highest BCUT2D eigenvalue weighted by Gasteiger charge is 2.14. The fourth-order valence-corrected chi connectivity index (χ4v) is 2.58. The van der Waals surface area contributed by atoms with Crippen molar-refractivity contribution in [2.75, 3.05) is 13.1 Å². The first-order chi connectivity index (χ1) is 11.2. The molecule has 6 heteroatoms. The standard InChI is InChI=1S/C17H25N3O3/c18-10-16(21)20-12-17(22)19-11-13-6-8-15(9-7-13)23-14-4-2-1-3-5-14/h6-9,14H,1-5,10-12,18H2,(H,19,22)(H,20,21). The monoisotopic (exact) mass is 319 g/mol. The van der Waals surface area contributed by atoms with Crippen molar-refractivity contribution in [3.63, 3.8) is 0 Å². The van der Waals surface area contributed by atoms with E-state index in [4.69, 9.17) is 10.5 Å². The van der Waals surface area contributed by atoms with Crippen LogP contribution >= 0.6 is 0 Å². The Morgan fingerprint density at radius 2 is 1.74 bits per heavy atom. The minimum Gasteiger partial charge on any atom is -0.490 e. The van der Waals surface area contributed by atoms with Crippen LogP contribution in [0.3, 0.4) is 0 Å². The van der Waals surface area contributed by atoms with Gasteiger partial charge in [-0.3, -0.25) is 9.59 Å². The van der Waals surface area contributed by atoms with Crippen molar-refractivity contribution in [3.05, 3.63) is 29.8 Å². The lowest BCUT2D eigenvalue weighted by atomic mass is 9.98. The Kier molecular flexibility index (Phi) is 6.87. The van der Waals surface area contributed by atoms with Crippen LogP contribution in [-0.4, -0.2) is 31.0 Å². The number of carbonyl (C=O) groups excluding carboxylic acids is 2. The predicted octanol–water partition coefficient (Wildman–Crippen LogP) is 1.09. The van der Waals surface area contributed by atoms with Gasteiger partial charge in [0, 0.05) is 6.54 Å². The molecule has 1 aliphatic rings. The smallest absolute Gasteiger partial charge is 0.239 e. The van der Waals surface area contributed by atoms with Crippen LogP contribution in [0.25, 0.3) is 0 Å². The van der Waals surface area contributed by atoms with Gasteiger partial charge in [-0.25, -0.2) is 0 Å². The summed E-state index contributed by atoms with van der Waals surface area (Å²) in [5.41, 5.74) is 6.13. The Labute approximate surface area is 136 Å². The Bertz CT molecular complexity index is 510. The van der Waals surface area contributed by atoms with Crippen LogP contribution in [0.2, 0.25) is 0 Å². The predicted molar refractivity (Wildman–Crippen MR) is 87.9 cm³/mol. The number of ether oxygens (including phenoxy) is 1. The molecule has 0 aliphatic heterocycles. The maximum absolute atomic E-state index is 11.6. The van der Waals surface area contributed by atoms with Gasteiger partial charge in [-0.15, -0.1) is 0 Å². The van der Waals surface area contributed by atoms with E-state index < -0.39 is 0 Å². The quantitative estimate of drug-likeness (QED) is 0.701. The molecular weight excluding hydrogens is 294 g/mol. The highest BCUT2D eigenvalue weighted by Crippen LogP contribution is 2.23. The zero-order valence-corrected chi connectivity index (χ0v) is 13.3. The Balaban J connectivity index is 1.71. The first kappa shape index (κ1) is 17.3. The van der Waals surface area contributed by atoms with E-state index in [0.29, 0.717) is 12.6 Å². The number of rotatable bonds is 7. The SMILES string of the molecule is NCC(=O)NCC(=O)NCc1ccc(OC2CCCCC2)cc1. The van der Waals surface area contributed by atoms with Crippen LogP contribution < -0.4 is 21.1 Å². The molecule has 0 atom stereocenters. The van der Waals surface area contributed by atoms with Crippen LogP contribution in [-0.2, 0) is 16.1 Å². The summed E-state index contributed by atoms with van der Waals surface area (Å²) in [5.74, 6) is 0.292. The molecule has 1 saturated carbocycles. The van der Waals surface area contributed by atoms with E-state index >= 15 is 0 Å². The minimum absolute atomic E-state index is 0.0566. The largest absolute Gasteiger partial charge is 0.490 e. The number of hydrogen-bond donors (Lipinski definition) is 3. The Morgan fingerprint density at radius 1 is 1.04 bits per heavy atom. The molecule has 2 rings (SSSR count). The van der Waals surface area contributed by atoms with E-state index in [1.54, 1.807) is 0 Å². The van der Waals surface area contributed by atoms with Gasteiger partial charge in [0.15, 0.2) is 0 Å². The summed E-state index contributed by atoms with van der Waals surface area (Å²) in [6.45, 7) is 0.246. The average molecular weight is 319 g/mol. The maximum Gasteiger partial charge on any atom is 0.239 e. The van der Waals surface area contributed by atoms with E-state index in [1.807, 2.05) is 24.3 Å². The van der Waals surface area contributed by atoms with Crippen molar-refractivity contribution in [2.24, 2.45) is 5.73 Å². The van der Waals surface area contributed by atoms with E-state index in [0.717, 1.165) is 24.2 Å². The summed E-state index contributed by atoms with van der Waals surface area (Å²) >= 11 is 0. The summed E-state index contributed by atoms with van der Waals surface area (Å²) in [5, 5.41) is 5.17. The molecule has 0 unspecified atom stereocenters. The van der Waals surface area contributed by atoms with Gasteiger partial charge in [0.25, 0.3) is 0 Å². The first-order valence-corrected chi connectivity index (χ1v) is 8.16. The fraction of sp³-hybridized carbons (Fsp3) is 0.529. The zero-order valence-electron chi connectivity index (χ0n) is 13.3. The molecule has 1 aliphatic carbocycles. The van der Waals surface area contributed by atoms with Crippen molar-refractivity contribution >= 4 is 11.8 Å². The Morgan fingerprint density at radius 3 is 2.39 bits per heavy atom. The van der Waals surface area contributed by atoms with Gasteiger partial charge in [0.05, 0.1) is 19.2 Å². The second-order valence-corrected chi connectivity index (χ2v) is 5.78. The van der Waals surface area contributed by atoms with Crippen molar-refractivity contribution in [1.82, 2.24) is 10.6 Å². The molecule has 0 bridgehead atoms. The second-order valence-electron chi connectivity index (χ2n) is 5.78. The molecule has 23 heavy (non-hydrogen) atoms. The molecule has 0 aromatic heterocycles. The number of nitrogens with two attached hydrogens (primary N) is 1. The normalized spacial score (nSPS) is 15.0. The molecule has 0 radical (unpaired) electrons. The lowest BCUT2D eigenvalue weighted by Gasteiger charge is -2.23. The minimum atomic E-state index is -0.343. The summed E-state index contributed by atoms with van der Waals surface area (Å²) in [4.78, 5) is 22.5. The molecule has 1 fully saturated rings. The topological polar surface area (TPSA) is 93.5 Å². The van der Waals surface area contributed by atoms with Gasteiger partial charge in [0.1, 0.15) is 5.75 Å². The maximum atomic E-state index is 11.6. The summed E-state index contributed by atoms with van der Waals surface area (Å²) in [6.07, 6.45) is 6.40. The number of hydrogen-bond acceptors (Lipinski definition) is 4. The van der Waals surface area contributed by atoms with Crippen molar-refractivity contribution in [2.45, 2.75) is 44.8 Å². The number of amides is 2. The zero-order chi connectivity index (χ0) is 16.5. The fourth-order valence-electron chi connectivity index (χ4n) is 2.58. The van der Waals surface area contributed by atoms with Gasteiger partial charge in [-0.2, -0.15) is 0 Å². The molecular formula is C17H25N3O3. The lowest BCUT2D eigenvalue weighted by molar-refractivity contribution is -0.125. The van der Waals surface area contributed by atoms with Gasteiger partial charge >= 0.3 is 0 Å². The van der Waals surface area contributed by atoms with E-state index in [-0.39, 0.29) is 24.9 Å². The van der Waals surface area contributed by atoms with Crippen molar-refractivity contribution in [1.29, 1.82) is 0 Å². The molecule has 1 aromatic rings. The molecule has 1 aromatic carbocycles. The molecule has 6 nitrogen and oxygen atoms in total. The van der Waals surface area contributed by atoms with Gasteiger partial charge in [-0.1, -0.05) is 18.6 Å². The highest BCUT2D eigenvalue weighted by atomic mass is 16.5. The van der Waals surface area contributed by atoms with Crippen molar-refractivity contribution < 1.29 is 14.3 Å². The summed E-state index contributed by atoms with van der Waals surface area (Å²) in [6, 6.07) is 7.76. The van der Waals surface area contributed by atoms with Crippen LogP contribution in [0, 0.1) is 0 Å². The third-order valence-electron chi connectivity index (χ3n) is 3.90. The number of carbonyl (C=O) groups is 2. The van der Waals surface area contributed by atoms with Crippen LogP contribution in [0.1, 0.15) is 37.7 Å². The molecule has 0 heterocycles.